The summed E-state index contributed by atoms with van der Waals surface area (Å²) in [7, 11) is 0. The van der Waals surface area contributed by atoms with E-state index in [1.54, 1.807) is 0 Å². The normalized spacial score (nSPS) is 15.6. The Morgan fingerprint density at radius 3 is 1.15 bits per heavy atom. The quantitative estimate of drug-likeness (QED) is 0.119. The third-order valence-corrected chi connectivity index (χ3v) is 5.11. The van der Waals surface area contributed by atoms with Crippen LogP contribution in [-0.2, 0) is 56.9 Å². The smallest absolute Gasteiger partial charge is 0.305 e. The number of carboxylic acid groups (broad SMARTS) is 1. The van der Waals surface area contributed by atoms with Crippen molar-refractivity contribution in [3.05, 3.63) is 0 Å². The van der Waals surface area contributed by atoms with Gasteiger partial charge in [0.2, 0.25) is 0 Å². The van der Waals surface area contributed by atoms with Gasteiger partial charge in [0.15, 0.2) is 6.29 Å². The molecule has 0 aromatic carbocycles. The summed E-state index contributed by atoms with van der Waals surface area (Å²) in [5.41, 5.74) is 0. The minimum Gasteiger partial charge on any atom is -0.481 e. The molecule has 0 amide bonds. The van der Waals surface area contributed by atoms with Gasteiger partial charge in [-0.05, 0) is 19.3 Å². The summed E-state index contributed by atoms with van der Waals surface area (Å²) in [5.74, 6) is -0.872. The van der Waals surface area contributed by atoms with Crippen LogP contribution >= 0.6 is 0 Å². The summed E-state index contributed by atoms with van der Waals surface area (Å²) >= 11 is 0. The second-order valence-electron chi connectivity index (χ2n) is 8.32. The molecular formula is C26H50O13. The maximum absolute atomic E-state index is 10.3. The molecule has 0 aliphatic carbocycles. The molecule has 0 spiro atoms. The zero-order chi connectivity index (χ0) is 27.9. The zero-order valence-corrected chi connectivity index (χ0v) is 23.4. The van der Waals surface area contributed by atoms with Crippen molar-refractivity contribution in [1.29, 1.82) is 0 Å². The zero-order valence-electron chi connectivity index (χ0n) is 23.4. The first-order chi connectivity index (χ1) is 19.3. The number of aliphatic carboxylic acids is 1. The average Bonchev–Trinajstić information content (AvgIpc) is 2.94. The van der Waals surface area contributed by atoms with Gasteiger partial charge in [0.05, 0.1) is 132 Å². The van der Waals surface area contributed by atoms with Crippen LogP contribution in [0, 0.1) is 0 Å². The van der Waals surface area contributed by atoms with Crippen molar-refractivity contribution in [3.8, 4) is 0 Å². The first-order valence-corrected chi connectivity index (χ1v) is 13.9. The number of rotatable bonds is 31. The molecule has 1 unspecified atom stereocenters. The lowest BCUT2D eigenvalue weighted by Gasteiger charge is -2.22. The molecule has 1 saturated heterocycles. The Morgan fingerprint density at radius 2 is 0.846 bits per heavy atom. The number of hydrogen-bond donors (Lipinski definition) is 1. The molecule has 1 heterocycles. The van der Waals surface area contributed by atoms with Gasteiger partial charge in [-0.25, -0.2) is 0 Å². The molecule has 1 fully saturated rings. The summed E-state index contributed by atoms with van der Waals surface area (Å²) in [4.78, 5) is 10.3. The maximum atomic E-state index is 10.3. The van der Waals surface area contributed by atoms with Gasteiger partial charge < -0.3 is 57.2 Å². The van der Waals surface area contributed by atoms with Gasteiger partial charge in [-0.15, -0.1) is 0 Å². The summed E-state index contributed by atoms with van der Waals surface area (Å²) in [6.45, 7) is 9.82. The first-order valence-electron chi connectivity index (χ1n) is 13.9. The summed E-state index contributed by atoms with van der Waals surface area (Å²) in [6.07, 6.45) is 3.18. The highest BCUT2D eigenvalue weighted by atomic mass is 16.7. The second kappa shape index (κ2) is 30.0. The fraction of sp³-hybridized carbons (Fsp3) is 0.962. The Morgan fingerprint density at radius 1 is 0.513 bits per heavy atom. The van der Waals surface area contributed by atoms with E-state index in [1.165, 1.54) is 0 Å². The highest BCUT2D eigenvalue weighted by Gasteiger charge is 2.13. The molecular weight excluding hydrogens is 520 g/mol. The van der Waals surface area contributed by atoms with Crippen LogP contribution in [-0.4, -0.2) is 150 Å². The van der Waals surface area contributed by atoms with Gasteiger partial charge in [0, 0.05) is 6.61 Å². The minimum absolute atomic E-state index is 0.00105. The van der Waals surface area contributed by atoms with E-state index in [0.717, 1.165) is 25.9 Å². The van der Waals surface area contributed by atoms with E-state index in [9.17, 15) is 4.79 Å². The van der Waals surface area contributed by atoms with Gasteiger partial charge in [-0.2, -0.15) is 0 Å². The lowest BCUT2D eigenvalue weighted by molar-refractivity contribution is -0.169. The Bertz CT molecular complexity index is 506. The van der Waals surface area contributed by atoms with Gasteiger partial charge in [0.1, 0.15) is 0 Å². The van der Waals surface area contributed by atoms with E-state index in [2.05, 4.69) is 0 Å². The second-order valence-corrected chi connectivity index (χ2v) is 8.32. The van der Waals surface area contributed by atoms with Crippen LogP contribution in [0.3, 0.4) is 0 Å². The molecule has 39 heavy (non-hydrogen) atoms. The maximum Gasteiger partial charge on any atom is 0.305 e. The van der Waals surface area contributed by atoms with Crippen molar-refractivity contribution in [2.75, 3.05) is 132 Å². The fourth-order valence-electron chi connectivity index (χ4n) is 3.10. The molecule has 0 aromatic rings. The third kappa shape index (κ3) is 28.4. The van der Waals surface area contributed by atoms with Crippen molar-refractivity contribution in [2.24, 2.45) is 0 Å². The lowest BCUT2D eigenvalue weighted by Crippen LogP contribution is -2.24. The van der Waals surface area contributed by atoms with E-state index in [0.29, 0.717) is 119 Å². The van der Waals surface area contributed by atoms with Gasteiger partial charge in [0.25, 0.3) is 0 Å². The Labute approximate surface area is 232 Å². The predicted molar refractivity (Wildman–Crippen MR) is 139 cm³/mol. The highest BCUT2D eigenvalue weighted by Crippen LogP contribution is 2.13. The van der Waals surface area contributed by atoms with E-state index in [4.69, 9.17) is 57.2 Å². The third-order valence-electron chi connectivity index (χ3n) is 5.11. The van der Waals surface area contributed by atoms with Crippen molar-refractivity contribution >= 4 is 5.97 Å². The largest absolute Gasteiger partial charge is 0.481 e. The van der Waals surface area contributed by atoms with Crippen LogP contribution in [0.4, 0.5) is 0 Å². The van der Waals surface area contributed by atoms with Crippen LogP contribution in [0.2, 0.25) is 0 Å². The predicted octanol–water partition coefficient (Wildman–Crippen LogP) is 1.15. The highest BCUT2D eigenvalue weighted by molar-refractivity contribution is 5.66. The van der Waals surface area contributed by atoms with E-state index in [1.807, 2.05) is 0 Å². The summed E-state index contributed by atoms with van der Waals surface area (Å²) in [6, 6.07) is 0. The van der Waals surface area contributed by atoms with Crippen LogP contribution in [0.25, 0.3) is 0 Å². The van der Waals surface area contributed by atoms with E-state index < -0.39 is 5.97 Å². The molecule has 0 radical (unpaired) electrons. The fourth-order valence-corrected chi connectivity index (χ4v) is 3.10. The van der Waals surface area contributed by atoms with E-state index >= 15 is 0 Å². The van der Waals surface area contributed by atoms with Crippen molar-refractivity contribution < 1.29 is 62.0 Å². The SMILES string of the molecule is O=C(O)CCOCCOCCOCCOCCOCCOCCOCCOCCOCCOC1CCCCO1. The number of hydrogen-bond acceptors (Lipinski definition) is 12. The molecule has 1 aliphatic rings. The van der Waals surface area contributed by atoms with Gasteiger partial charge in [-0.3, -0.25) is 4.79 Å². The van der Waals surface area contributed by atoms with Crippen LogP contribution < -0.4 is 0 Å². The van der Waals surface area contributed by atoms with Gasteiger partial charge in [-0.1, -0.05) is 0 Å². The lowest BCUT2D eigenvalue weighted by atomic mass is 10.2. The molecule has 1 atom stereocenters. The molecule has 232 valence electrons. The molecule has 13 nitrogen and oxygen atoms in total. The summed E-state index contributed by atoms with van der Waals surface area (Å²) < 4.78 is 59.6. The molecule has 0 saturated carbocycles. The van der Waals surface area contributed by atoms with Crippen molar-refractivity contribution in [1.82, 2.24) is 0 Å². The molecule has 1 aliphatic heterocycles. The van der Waals surface area contributed by atoms with E-state index in [-0.39, 0.29) is 19.3 Å². The summed E-state index contributed by atoms with van der Waals surface area (Å²) in [5, 5.41) is 8.47. The standard InChI is InChI=1S/C26H50O13/c27-25(28)4-6-29-7-8-30-9-10-31-11-12-32-13-14-33-15-16-34-17-18-35-19-20-36-21-22-37-23-24-39-26-3-1-2-5-38-26/h26H,1-24H2,(H,27,28). The van der Waals surface area contributed by atoms with Crippen molar-refractivity contribution in [2.45, 2.75) is 32.0 Å². The van der Waals surface area contributed by atoms with Crippen LogP contribution in [0.5, 0.6) is 0 Å². The molecule has 1 rings (SSSR count). The van der Waals surface area contributed by atoms with Gasteiger partial charge >= 0.3 is 5.97 Å². The molecule has 13 heteroatoms. The minimum atomic E-state index is -0.872. The number of ether oxygens (including phenoxy) is 11. The first kappa shape index (κ1) is 36.1. The van der Waals surface area contributed by atoms with Crippen LogP contribution in [0.1, 0.15) is 25.7 Å². The number of carbonyl (C=O) groups is 1. The molecule has 0 bridgehead atoms. The van der Waals surface area contributed by atoms with Crippen LogP contribution in [0.15, 0.2) is 0 Å². The van der Waals surface area contributed by atoms with Crippen molar-refractivity contribution in [3.63, 3.8) is 0 Å². The monoisotopic (exact) mass is 570 g/mol. The molecule has 1 N–H and O–H groups in total. The Balaban J connectivity index is 1.61. The Kier molecular flexibility index (Phi) is 27.7. The average molecular weight is 571 g/mol. The number of carboxylic acids is 1. The Hall–Kier alpha value is -0.970. The molecule has 0 aromatic heterocycles. The topological polar surface area (TPSA) is 139 Å².